The van der Waals surface area contributed by atoms with Crippen molar-refractivity contribution in [3.05, 3.63) is 0 Å². The van der Waals surface area contributed by atoms with Gasteiger partial charge >= 0.3 is 5.97 Å². The normalized spacial score (nSPS) is 38.6. The fourth-order valence-electron chi connectivity index (χ4n) is 4.37. The number of rotatable bonds is 7. The summed E-state index contributed by atoms with van der Waals surface area (Å²) in [4.78, 5) is 25.5. The third-order valence-corrected chi connectivity index (χ3v) is 5.95. The Morgan fingerprint density at radius 2 is 1.91 bits per heavy atom. The summed E-state index contributed by atoms with van der Waals surface area (Å²) in [7, 11) is 0. The van der Waals surface area contributed by atoms with Crippen molar-refractivity contribution in [1.29, 1.82) is 0 Å². The van der Waals surface area contributed by atoms with Gasteiger partial charge in [0.1, 0.15) is 0 Å². The van der Waals surface area contributed by atoms with E-state index in [0.717, 1.165) is 38.6 Å². The van der Waals surface area contributed by atoms with Crippen molar-refractivity contribution in [1.82, 2.24) is 10.2 Å². The molecule has 0 aromatic carbocycles. The Morgan fingerprint density at radius 3 is 2.48 bits per heavy atom. The zero-order chi connectivity index (χ0) is 16.0. The molecule has 1 amide bonds. The molecule has 3 unspecified atom stereocenters. The van der Waals surface area contributed by atoms with E-state index in [1.807, 2.05) is 0 Å². The molecule has 0 aromatic rings. The number of carboxylic acids is 1. The van der Waals surface area contributed by atoms with Gasteiger partial charge in [-0.2, -0.15) is 0 Å². The van der Waals surface area contributed by atoms with E-state index >= 15 is 0 Å². The molecule has 6 heteroatoms. The number of nitrogens with one attached hydrogen (secondary N) is 1. The van der Waals surface area contributed by atoms with Crippen LogP contribution in [0.5, 0.6) is 0 Å². The number of carboxylic acid groups (broad SMARTS) is 1. The lowest BCUT2D eigenvalue weighted by atomic mass is 9.83. The maximum Gasteiger partial charge on any atom is 0.317 e. The molecule has 128 valence electrons. The summed E-state index contributed by atoms with van der Waals surface area (Å²) in [5, 5.41) is 12.2. The number of hydrogen-bond donors (Lipinski definition) is 2. The van der Waals surface area contributed by atoms with Crippen molar-refractivity contribution >= 4 is 11.9 Å². The molecular formula is C17H26N2O4. The van der Waals surface area contributed by atoms with Crippen molar-refractivity contribution in [3.63, 3.8) is 0 Å². The lowest BCUT2D eigenvalue weighted by molar-refractivity contribution is -0.140. The Labute approximate surface area is 136 Å². The van der Waals surface area contributed by atoms with Gasteiger partial charge in [0, 0.05) is 18.6 Å². The molecule has 0 aromatic heterocycles. The van der Waals surface area contributed by atoms with Crippen molar-refractivity contribution in [2.75, 3.05) is 13.1 Å². The topological polar surface area (TPSA) is 78.9 Å². The van der Waals surface area contributed by atoms with Crippen LogP contribution >= 0.6 is 0 Å². The van der Waals surface area contributed by atoms with Gasteiger partial charge in [-0.1, -0.05) is 0 Å². The predicted octanol–water partition coefficient (Wildman–Crippen LogP) is 0.998. The van der Waals surface area contributed by atoms with Crippen LogP contribution in [0.4, 0.5) is 0 Å². The van der Waals surface area contributed by atoms with E-state index < -0.39 is 5.97 Å². The van der Waals surface area contributed by atoms with Gasteiger partial charge in [0.2, 0.25) is 5.91 Å². The summed E-state index contributed by atoms with van der Waals surface area (Å²) in [6, 6.07) is 0.524. The molecule has 4 aliphatic rings. The first-order valence-corrected chi connectivity index (χ1v) is 9.00. The molecule has 3 atom stereocenters. The first kappa shape index (κ1) is 15.4. The number of aliphatic carboxylic acids is 1. The van der Waals surface area contributed by atoms with Gasteiger partial charge in [-0.15, -0.1) is 0 Å². The lowest BCUT2D eigenvalue weighted by Crippen LogP contribution is -2.56. The summed E-state index contributed by atoms with van der Waals surface area (Å²) in [5.41, 5.74) is 0. The average Bonchev–Trinajstić information content (AvgIpc) is 3.02. The molecular weight excluding hydrogens is 296 g/mol. The molecule has 2 saturated heterocycles. The van der Waals surface area contributed by atoms with Gasteiger partial charge in [-0.3, -0.25) is 14.5 Å². The molecule has 2 saturated carbocycles. The van der Waals surface area contributed by atoms with Crippen LogP contribution in [0.1, 0.15) is 44.9 Å². The van der Waals surface area contributed by atoms with E-state index in [4.69, 9.17) is 9.84 Å². The molecule has 6 nitrogen and oxygen atoms in total. The minimum Gasteiger partial charge on any atom is -0.480 e. The smallest absolute Gasteiger partial charge is 0.317 e. The molecule has 2 heterocycles. The molecule has 4 rings (SSSR count). The number of nitrogens with zero attached hydrogens (tertiary/aromatic N) is 1. The number of carbonyl (C=O) groups excluding carboxylic acids is 1. The van der Waals surface area contributed by atoms with Crippen molar-refractivity contribution in [2.24, 2.45) is 11.8 Å². The number of hydrogen-bond acceptors (Lipinski definition) is 4. The van der Waals surface area contributed by atoms with Gasteiger partial charge in [-0.25, -0.2) is 0 Å². The molecule has 2 aliphatic heterocycles. The lowest BCUT2D eigenvalue weighted by Gasteiger charge is -2.43. The van der Waals surface area contributed by atoms with E-state index in [2.05, 4.69) is 10.2 Å². The summed E-state index contributed by atoms with van der Waals surface area (Å²) in [5.74, 6) is 0.119. The fraction of sp³-hybridized carbons (Fsp3) is 0.882. The number of amides is 1. The largest absolute Gasteiger partial charge is 0.480 e. The van der Waals surface area contributed by atoms with E-state index in [9.17, 15) is 9.59 Å². The van der Waals surface area contributed by atoms with E-state index in [1.165, 1.54) is 12.8 Å². The van der Waals surface area contributed by atoms with Crippen LogP contribution < -0.4 is 5.32 Å². The number of ether oxygens (including phenoxy) is 1. The second-order valence-corrected chi connectivity index (χ2v) is 7.81. The Morgan fingerprint density at radius 1 is 1.13 bits per heavy atom. The van der Waals surface area contributed by atoms with Crippen LogP contribution in [0.15, 0.2) is 0 Å². The van der Waals surface area contributed by atoms with Gasteiger partial charge in [0.25, 0.3) is 0 Å². The third-order valence-electron chi connectivity index (χ3n) is 5.95. The first-order valence-electron chi connectivity index (χ1n) is 9.00. The van der Waals surface area contributed by atoms with Crippen LogP contribution in [-0.4, -0.2) is 59.3 Å². The Hall–Kier alpha value is -1.14. The van der Waals surface area contributed by atoms with E-state index in [0.29, 0.717) is 18.1 Å². The van der Waals surface area contributed by atoms with Gasteiger partial charge < -0.3 is 15.2 Å². The molecule has 2 N–H and O–H groups in total. The first-order chi connectivity index (χ1) is 11.1. The van der Waals surface area contributed by atoms with Crippen LogP contribution in [0.25, 0.3) is 0 Å². The summed E-state index contributed by atoms with van der Waals surface area (Å²) in [6.45, 7) is 1.03. The monoisotopic (exact) mass is 322 g/mol. The quantitative estimate of drug-likeness (QED) is 0.731. The Bertz CT molecular complexity index is 487. The predicted molar refractivity (Wildman–Crippen MR) is 82.9 cm³/mol. The summed E-state index contributed by atoms with van der Waals surface area (Å²) < 4.78 is 5.76. The molecule has 4 fully saturated rings. The highest BCUT2D eigenvalue weighted by Gasteiger charge is 2.46. The molecule has 23 heavy (non-hydrogen) atoms. The highest BCUT2D eigenvalue weighted by Crippen LogP contribution is 2.39. The molecule has 0 radical (unpaired) electrons. The zero-order valence-electron chi connectivity index (χ0n) is 13.4. The van der Waals surface area contributed by atoms with Crippen LogP contribution in [0.3, 0.4) is 0 Å². The van der Waals surface area contributed by atoms with Crippen LogP contribution in [0.2, 0.25) is 0 Å². The van der Waals surface area contributed by atoms with Crippen molar-refractivity contribution in [2.45, 2.75) is 69.2 Å². The standard InChI is InChI=1S/C17H26N2O4/c20-16(21)9-19(8-10-1-2-10)12-5-11(6-12)18-17(22)14-7-13-3-4-15(14)23-13/h10-15H,1-9H2,(H,18,22)(H,20,21). The fourth-order valence-corrected chi connectivity index (χ4v) is 4.37. The second-order valence-electron chi connectivity index (χ2n) is 7.81. The minimum absolute atomic E-state index is 0.0365. The van der Waals surface area contributed by atoms with E-state index in [1.54, 1.807) is 0 Å². The van der Waals surface area contributed by atoms with Crippen LogP contribution in [0, 0.1) is 11.8 Å². The van der Waals surface area contributed by atoms with Gasteiger partial charge in [-0.05, 0) is 50.9 Å². The maximum absolute atomic E-state index is 12.4. The minimum atomic E-state index is -0.753. The Balaban J connectivity index is 1.23. The van der Waals surface area contributed by atoms with Crippen molar-refractivity contribution < 1.29 is 19.4 Å². The average molecular weight is 322 g/mol. The maximum atomic E-state index is 12.4. The molecule has 2 aliphatic carbocycles. The van der Waals surface area contributed by atoms with Crippen molar-refractivity contribution in [3.8, 4) is 0 Å². The Kier molecular flexibility index (Phi) is 4.05. The van der Waals surface area contributed by atoms with Gasteiger partial charge in [0.15, 0.2) is 0 Å². The number of carbonyl (C=O) groups is 2. The highest BCUT2D eigenvalue weighted by molar-refractivity contribution is 5.80. The summed E-state index contributed by atoms with van der Waals surface area (Å²) in [6.07, 6.45) is 7.65. The third kappa shape index (κ3) is 3.38. The zero-order valence-corrected chi connectivity index (χ0v) is 13.4. The second kappa shape index (κ2) is 6.06. The number of fused-ring (bicyclic) bond motifs is 2. The van der Waals surface area contributed by atoms with E-state index in [-0.39, 0.29) is 30.5 Å². The summed E-state index contributed by atoms with van der Waals surface area (Å²) >= 11 is 0. The highest BCUT2D eigenvalue weighted by atomic mass is 16.5. The van der Waals surface area contributed by atoms with Crippen LogP contribution in [-0.2, 0) is 14.3 Å². The molecule has 0 spiro atoms. The SMILES string of the molecule is O=C(O)CN(CC1CC1)C1CC(NC(=O)C2CC3CCC2O3)C1. The molecule has 2 bridgehead atoms. The van der Waals surface area contributed by atoms with Gasteiger partial charge in [0.05, 0.1) is 24.7 Å².